The maximum atomic E-state index is 12.0. The van der Waals surface area contributed by atoms with Gasteiger partial charge in [-0.2, -0.15) is 0 Å². The monoisotopic (exact) mass is 243 g/mol. The van der Waals surface area contributed by atoms with Gasteiger partial charge in [-0.15, -0.1) is 0 Å². The van der Waals surface area contributed by atoms with Gasteiger partial charge in [0.05, 0.1) is 5.60 Å². The van der Waals surface area contributed by atoms with Crippen LogP contribution in [0, 0.1) is 23.2 Å². The van der Waals surface area contributed by atoms with Gasteiger partial charge in [0, 0.05) is 17.8 Å². The Morgan fingerprint density at radius 3 is 2.12 bits per heavy atom. The number of hydrogen-bond donors (Lipinski definition) is 2. The highest BCUT2D eigenvalue weighted by Crippen LogP contribution is 2.62. The van der Waals surface area contributed by atoms with Crippen LogP contribution in [-0.2, 0) is 9.68 Å². The summed E-state index contributed by atoms with van der Waals surface area (Å²) < 4.78 is 0. The van der Waals surface area contributed by atoms with Crippen LogP contribution in [0.15, 0.2) is 0 Å². The molecule has 1 rings (SSSR count). The molecular formula is C13H23O4. The van der Waals surface area contributed by atoms with Gasteiger partial charge in [0.15, 0.2) is 0 Å². The smallest absolute Gasteiger partial charge is 0.143 e. The predicted octanol–water partition coefficient (Wildman–Crippen LogP) is 2.07. The van der Waals surface area contributed by atoms with Crippen molar-refractivity contribution in [3.05, 3.63) is 5.92 Å². The summed E-state index contributed by atoms with van der Waals surface area (Å²) in [5.41, 5.74) is -1.42. The second-order valence-corrected chi connectivity index (χ2v) is 6.37. The molecule has 0 spiro atoms. The maximum Gasteiger partial charge on any atom is 0.143 e. The van der Waals surface area contributed by atoms with Gasteiger partial charge in [-0.25, -0.2) is 4.89 Å². The summed E-state index contributed by atoms with van der Waals surface area (Å²) in [6.07, 6.45) is -0.745. The van der Waals surface area contributed by atoms with E-state index in [2.05, 4.69) is 4.89 Å². The topological polar surface area (TPSA) is 66.8 Å². The number of carbonyl (C=O) groups excluding carboxylic acids is 1. The van der Waals surface area contributed by atoms with Gasteiger partial charge in [0.25, 0.3) is 0 Å². The van der Waals surface area contributed by atoms with E-state index in [4.69, 9.17) is 5.26 Å². The van der Waals surface area contributed by atoms with Crippen LogP contribution < -0.4 is 0 Å². The number of aliphatic hydroxyl groups is 1. The molecule has 0 aliphatic heterocycles. The van der Waals surface area contributed by atoms with Crippen molar-refractivity contribution >= 4 is 5.78 Å². The molecule has 4 nitrogen and oxygen atoms in total. The van der Waals surface area contributed by atoms with E-state index in [9.17, 15) is 9.90 Å². The average Bonchev–Trinajstić information content (AvgIpc) is 2.66. The number of Topliss-reactive ketones (excluding diaryl/α,β-unsaturated/α-hetero) is 1. The summed E-state index contributed by atoms with van der Waals surface area (Å²) in [5, 5.41) is 18.9. The highest BCUT2D eigenvalue weighted by molar-refractivity contribution is 5.96. The Hall–Kier alpha value is -0.450. The van der Waals surface area contributed by atoms with Crippen molar-refractivity contribution in [2.45, 2.75) is 53.2 Å². The van der Waals surface area contributed by atoms with Crippen molar-refractivity contribution in [2.24, 2.45) is 17.3 Å². The van der Waals surface area contributed by atoms with Crippen molar-refractivity contribution in [3.8, 4) is 0 Å². The number of ketones is 1. The second kappa shape index (κ2) is 4.34. The lowest BCUT2D eigenvalue weighted by Gasteiger charge is -2.27. The number of hydrogen-bond acceptors (Lipinski definition) is 4. The molecule has 2 N–H and O–H groups in total. The largest absolute Gasteiger partial charge is 0.388 e. The summed E-state index contributed by atoms with van der Waals surface area (Å²) in [6.45, 7) is 10.6. The summed E-state index contributed by atoms with van der Waals surface area (Å²) in [4.78, 5) is 16.4. The molecule has 0 bridgehead atoms. The lowest BCUT2D eigenvalue weighted by Crippen LogP contribution is -2.41. The summed E-state index contributed by atoms with van der Waals surface area (Å²) >= 11 is 0. The summed E-state index contributed by atoms with van der Waals surface area (Å²) in [7, 11) is 0. The molecule has 1 radical (unpaired) electrons. The van der Waals surface area contributed by atoms with Crippen LogP contribution in [0.5, 0.6) is 0 Å². The molecule has 1 fully saturated rings. The quantitative estimate of drug-likeness (QED) is 0.573. The zero-order chi connectivity index (χ0) is 13.6. The van der Waals surface area contributed by atoms with E-state index in [0.717, 1.165) is 5.92 Å². The molecule has 0 aromatic rings. The molecule has 3 unspecified atom stereocenters. The molecule has 0 aromatic carbocycles. The molecule has 4 heteroatoms. The minimum Gasteiger partial charge on any atom is -0.388 e. The minimum atomic E-state index is -1.17. The van der Waals surface area contributed by atoms with Crippen LogP contribution in [0.4, 0.5) is 0 Å². The van der Waals surface area contributed by atoms with Gasteiger partial charge in [0.2, 0.25) is 0 Å². The van der Waals surface area contributed by atoms with Crippen LogP contribution in [0.3, 0.4) is 0 Å². The Balaban J connectivity index is 2.90. The molecule has 0 heterocycles. The molecule has 3 atom stereocenters. The first-order valence-electron chi connectivity index (χ1n) is 5.92. The Morgan fingerprint density at radius 2 is 1.82 bits per heavy atom. The van der Waals surface area contributed by atoms with Gasteiger partial charge in [-0.1, -0.05) is 27.7 Å². The lowest BCUT2D eigenvalue weighted by molar-refractivity contribution is -0.317. The fourth-order valence-corrected chi connectivity index (χ4v) is 2.69. The van der Waals surface area contributed by atoms with E-state index in [1.54, 1.807) is 27.7 Å². The van der Waals surface area contributed by atoms with Crippen LogP contribution in [0.2, 0.25) is 0 Å². The highest BCUT2D eigenvalue weighted by Gasteiger charge is 2.67. The molecule has 99 valence electrons. The van der Waals surface area contributed by atoms with Crippen LogP contribution >= 0.6 is 0 Å². The first kappa shape index (κ1) is 14.6. The third kappa shape index (κ3) is 2.54. The Labute approximate surface area is 103 Å². The van der Waals surface area contributed by atoms with Crippen LogP contribution in [0.1, 0.15) is 41.5 Å². The molecule has 1 aliphatic rings. The molecule has 0 aromatic heterocycles. The fourth-order valence-electron chi connectivity index (χ4n) is 2.69. The van der Waals surface area contributed by atoms with Crippen LogP contribution in [0.25, 0.3) is 0 Å². The molecule has 0 saturated heterocycles. The maximum absolute atomic E-state index is 12.0. The van der Waals surface area contributed by atoms with E-state index in [1.165, 1.54) is 0 Å². The Bertz CT molecular complexity index is 301. The van der Waals surface area contributed by atoms with E-state index < -0.39 is 11.7 Å². The molecule has 17 heavy (non-hydrogen) atoms. The van der Waals surface area contributed by atoms with Gasteiger partial charge < -0.3 is 5.11 Å². The highest BCUT2D eigenvalue weighted by atomic mass is 17.1. The SMILES string of the molecule is C[C](C)C(=O)C1C(C(OO)C(C)(C)O)C1(C)C. The van der Waals surface area contributed by atoms with Crippen molar-refractivity contribution < 1.29 is 20.0 Å². The normalized spacial score (nSPS) is 29.2. The first-order valence-corrected chi connectivity index (χ1v) is 5.92. The van der Waals surface area contributed by atoms with Crippen LogP contribution in [-0.4, -0.2) is 27.9 Å². The molecular weight excluding hydrogens is 220 g/mol. The number of rotatable bonds is 5. The minimum absolute atomic E-state index is 0.0892. The Kier molecular flexibility index (Phi) is 3.73. The number of carbonyl (C=O) groups is 1. The first-order chi connectivity index (χ1) is 7.55. The zero-order valence-electron chi connectivity index (χ0n) is 11.4. The average molecular weight is 243 g/mol. The van der Waals surface area contributed by atoms with Crippen molar-refractivity contribution in [3.63, 3.8) is 0 Å². The van der Waals surface area contributed by atoms with Crippen molar-refractivity contribution in [1.29, 1.82) is 0 Å². The van der Waals surface area contributed by atoms with E-state index in [1.807, 2.05) is 13.8 Å². The van der Waals surface area contributed by atoms with E-state index >= 15 is 0 Å². The second-order valence-electron chi connectivity index (χ2n) is 6.37. The summed E-state index contributed by atoms with van der Waals surface area (Å²) in [5.74, 6) is 0.496. The zero-order valence-corrected chi connectivity index (χ0v) is 11.4. The third-order valence-electron chi connectivity index (χ3n) is 3.82. The lowest BCUT2D eigenvalue weighted by atomic mass is 9.93. The van der Waals surface area contributed by atoms with E-state index in [0.29, 0.717) is 0 Å². The van der Waals surface area contributed by atoms with Gasteiger partial charge in [-0.05, 0) is 19.3 Å². The van der Waals surface area contributed by atoms with Gasteiger partial charge in [0.1, 0.15) is 11.9 Å². The Morgan fingerprint density at radius 1 is 1.35 bits per heavy atom. The van der Waals surface area contributed by atoms with Crippen molar-refractivity contribution in [2.75, 3.05) is 0 Å². The molecule has 1 saturated carbocycles. The van der Waals surface area contributed by atoms with E-state index in [-0.39, 0.29) is 23.0 Å². The molecule has 1 aliphatic carbocycles. The predicted molar refractivity (Wildman–Crippen MR) is 64.2 cm³/mol. The molecule has 0 amide bonds. The van der Waals surface area contributed by atoms with Gasteiger partial charge >= 0.3 is 0 Å². The fraction of sp³-hybridized carbons (Fsp3) is 0.846. The van der Waals surface area contributed by atoms with Gasteiger partial charge in [-0.3, -0.25) is 10.1 Å². The standard InChI is InChI=1S/C13H23O4/c1-7(2)10(14)8-9(12(8,3)4)11(17-16)13(5,6)15/h8-9,11,15-16H,1-6H3. The third-order valence-corrected chi connectivity index (χ3v) is 3.82. The van der Waals surface area contributed by atoms with Crippen molar-refractivity contribution in [1.82, 2.24) is 0 Å². The summed E-state index contributed by atoms with van der Waals surface area (Å²) in [6, 6.07) is 0.